The van der Waals surface area contributed by atoms with Gasteiger partial charge in [0.05, 0.1) is 6.61 Å². The molecule has 3 rings (SSSR count). The van der Waals surface area contributed by atoms with Crippen LogP contribution >= 0.6 is 0 Å². The predicted octanol–water partition coefficient (Wildman–Crippen LogP) is 3.28. The summed E-state index contributed by atoms with van der Waals surface area (Å²) in [6, 6.07) is 10.6. The molecule has 2 aromatic rings. The molecule has 5 nitrogen and oxygen atoms in total. The summed E-state index contributed by atoms with van der Waals surface area (Å²) < 4.78 is 0. The zero-order valence-electron chi connectivity index (χ0n) is 15.9. The van der Waals surface area contributed by atoms with Crippen molar-refractivity contribution in [3.05, 3.63) is 47.2 Å². The van der Waals surface area contributed by atoms with Crippen LogP contribution in [0.2, 0.25) is 0 Å². The first kappa shape index (κ1) is 18.6. The van der Waals surface area contributed by atoms with E-state index in [0.717, 1.165) is 62.3 Å². The van der Waals surface area contributed by atoms with E-state index in [1.54, 1.807) is 0 Å². The number of anilines is 2. The summed E-state index contributed by atoms with van der Waals surface area (Å²) in [5, 5.41) is 10.2. The van der Waals surface area contributed by atoms with Gasteiger partial charge >= 0.3 is 0 Å². The van der Waals surface area contributed by atoms with E-state index >= 15 is 0 Å². The van der Waals surface area contributed by atoms with Crippen LogP contribution in [0.4, 0.5) is 11.8 Å². The fourth-order valence-electron chi connectivity index (χ4n) is 4.06. The van der Waals surface area contributed by atoms with Crippen molar-refractivity contribution in [3.63, 3.8) is 0 Å². The number of nitrogens with two attached hydrogens (primary N) is 1. The Labute approximate surface area is 156 Å². The van der Waals surface area contributed by atoms with Gasteiger partial charge in [-0.3, -0.25) is 0 Å². The molecule has 0 amide bonds. The highest BCUT2D eigenvalue weighted by Gasteiger charge is 2.35. The van der Waals surface area contributed by atoms with Crippen molar-refractivity contribution in [2.24, 2.45) is 5.41 Å². The first-order valence-corrected chi connectivity index (χ1v) is 9.53. The Hall–Kier alpha value is -2.14. The average molecular weight is 354 g/mol. The van der Waals surface area contributed by atoms with E-state index < -0.39 is 0 Å². The van der Waals surface area contributed by atoms with Crippen LogP contribution in [0.25, 0.3) is 0 Å². The van der Waals surface area contributed by atoms with Crippen LogP contribution < -0.4 is 10.6 Å². The topological polar surface area (TPSA) is 75.3 Å². The summed E-state index contributed by atoms with van der Waals surface area (Å²) >= 11 is 0. The number of benzene rings is 1. The average Bonchev–Trinajstić information content (AvgIpc) is 2.66. The predicted molar refractivity (Wildman–Crippen MR) is 106 cm³/mol. The number of rotatable bonds is 6. The Bertz CT molecular complexity index is 734. The molecule has 1 unspecified atom stereocenters. The lowest BCUT2D eigenvalue weighted by Crippen LogP contribution is -2.46. The SMILES string of the molecule is Cc1nc(N)nc(N2CCCC(CO)(CCCc3ccccc3)C2)c1C. The lowest BCUT2D eigenvalue weighted by atomic mass is 9.76. The number of nitrogens with zero attached hydrogens (tertiary/aromatic N) is 3. The van der Waals surface area contributed by atoms with Crippen LogP contribution in [0.1, 0.15) is 42.5 Å². The van der Waals surface area contributed by atoms with Crippen molar-refractivity contribution in [1.82, 2.24) is 9.97 Å². The van der Waals surface area contributed by atoms with Gasteiger partial charge in [0, 0.05) is 29.8 Å². The monoisotopic (exact) mass is 354 g/mol. The summed E-state index contributed by atoms with van der Waals surface area (Å²) in [5.74, 6) is 1.25. The quantitative estimate of drug-likeness (QED) is 0.833. The molecule has 0 bridgehead atoms. The molecule has 0 radical (unpaired) electrons. The second kappa shape index (κ2) is 8.04. The van der Waals surface area contributed by atoms with Crippen LogP contribution in [0.5, 0.6) is 0 Å². The molecule has 1 aromatic carbocycles. The summed E-state index contributed by atoms with van der Waals surface area (Å²) in [6.45, 7) is 6.03. The molecule has 1 aromatic heterocycles. The maximum Gasteiger partial charge on any atom is 0.222 e. The molecule has 0 saturated carbocycles. The third-order valence-electron chi connectivity index (χ3n) is 5.69. The Balaban J connectivity index is 1.70. The molecule has 1 fully saturated rings. The minimum absolute atomic E-state index is 0.0624. The molecule has 140 valence electrons. The van der Waals surface area contributed by atoms with Gasteiger partial charge in [-0.15, -0.1) is 0 Å². The van der Waals surface area contributed by atoms with E-state index in [9.17, 15) is 5.11 Å². The molecule has 0 aliphatic carbocycles. The molecule has 3 N–H and O–H groups in total. The first-order chi connectivity index (χ1) is 12.5. The summed E-state index contributed by atoms with van der Waals surface area (Å²) in [5.41, 5.74) is 9.19. The zero-order chi connectivity index (χ0) is 18.6. The summed E-state index contributed by atoms with van der Waals surface area (Å²) in [6.07, 6.45) is 5.29. The van der Waals surface area contributed by atoms with Gasteiger partial charge in [-0.2, -0.15) is 4.98 Å². The van der Waals surface area contributed by atoms with Gasteiger partial charge in [0.1, 0.15) is 5.82 Å². The van der Waals surface area contributed by atoms with Crippen LogP contribution in [-0.4, -0.2) is 34.8 Å². The number of aliphatic hydroxyl groups excluding tert-OH is 1. The van der Waals surface area contributed by atoms with E-state index in [-0.39, 0.29) is 12.0 Å². The van der Waals surface area contributed by atoms with Gasteiger partial charge in [-0.1, -0.05) is 30.3 Å². The van der Waals surface area contributed by atoms with Crippen LogP contribution in [0.3, 0.4) is 0 Å². The summed E-state index contributed by atoms with van der Waals surface area (Å²) in [4.78, 5) is 11.0. The highest BCUT2D eigenvalue weighted by molar-refractivity contribution is 5.51. The van der Waals surface area contributed by atoms with E-state index in [1.807, 2.05) is 6.92 Å². The smallest absolute Gasteiger partial charge is 0.222 e. The first-order valence-electron chi connectivity index (χ1n) is 9.53. The lowest BCUT2D eigenvalue weighted by molar-refractivity contribution is 0.0938. The largest absolute Gasteiger partial charge is 0.396 e. The molecule has 26 heavy (non-hydrogen) atoms. The molecule has 2 heterocycles. The second-order valence-electron chi connectivity index (χ2n) is 7.64. The Morgan fingerprint density at radius 2 is 1.96 bits per heavy atom. The third kappa shape index (κ3) is 4.15. The van der Waals surface area contributed by atoms with Crippen molar-refractivity contribution in [2.75, 3.05) is 30.3 Å². The summed E-state index contributed by atoms with van der Waals surface area (Å²) in [7, 11) is 0. The normalized spacial score (nSPS) is 20.3. The van der Waals surface area contributed by atoms with Crippen LogP contribution in [-0.2, 0) is 6.42 Å². The number of piperidine rings is 1. The van der Waals surface area contributed by atoms with Crippen molar-refractivity contribution in [2.45, 2.75) is 46.0 Å². The van der Waals surface area contributed by atoms with E-state index in [4.69, 9.17) is 5.73 Å². The minimum Gasteiger partial charge on any atom is -0.396 e. The Morgan fingerprint density at radius 3 is 2.69 bits per heavy atom. The minimum atomic E-state index is -0.0624. The van der Waals surface area contributed by atoms with Crippen molar-refractivity contribution in [3.8, 4) is 0 Å². The van der Waals surface area contributed by atoms with Crippen LogP contribution in [0, 0.1) is 19.3 Å². The molecular formula is C21H30N4O. The molecule has 5 heteroatoms. The Kier molecular flexibility index (Phi) is 5.77. The van der Waals surface area contributed by atoms with E-state index in [0.29, 0.717) is 5.95 Å². The second-order valence-corrected chi connectivity index (χ2v) is 7.64. The fourth-order valence-corrected chi connectivity index (χ4v) is 4.06. The van der Waals surface area contributed by atoms with Gasteiger partial charge in [-0.25, -0.2) is 4.98 Å². The standard InChI is InChI=1S/C21H30N4O/c1-16-17(2)23-20(22)24-19(16)25-13-7-12-21(14-25,15-26)11-6-10-18-8-4-3-5-9-18/h3-5,8-9,26H,6-7,10-15H2,1-2H3,(H2,22,23,24). The van der Waals surface area contributed by atoms with Gasteiger partial charge in [0.2, 0.25) is 5.95 Å². The number of nitrogen functional groups attached to an aromatic ring is 1. The van der Waals surface area contributed by atoms with E-state index in [2.05, 4.69) is 52.1 Å². The zero-order valence-corrected chi connectivity index (χ0v) is 15.9. The highest BCUT2D eigenvalue weighted by atomic mass is 16.3. The number of hydrogen-bond acceptors (Lipinski definition) is 5. The highest BCUT2D eigenvalue weighted by Crippen LogP contribution is 2.37. The van der Waals surface area contributed by atoms with Gasteiger partial charge in [0.15, 0.2) is 0 Å². The third-order valence-corrected chi connectivity index (χ3v) is 5.69. The molecule has 1 aliphatic heterocycles. The molecule has 1 saturated heterocycles. The number of hydrogen-bond donors (Lipinski definition) is 2. The number of aryl methyl sites for hydroxylation is 2. The van der Waals surface area contributed by atoms with Crippen molar-refractivity contribution >= 4 is 11.8 Å². The van der Waals surface area contributed by atoms with Gasteiger partial charge in [0.25, 0.3) is 0 Å². The Morgan fingerprint density at radius 1 is 1.19 bits per heavy atom. The van der Waals surface area contributed by atoms with Crippen molar-refractivity contribution < 1.29 is 5.11 Å². The van der Waals surface area contributed by atoms with Gasteiger partial charge in [-0.05, 0) is 51.5 Å². The maximum absolute atomic E-state index is 10.2. The fraction of sp³-hybridized carbons (Fsp3) is 0.524. The van der Waals surface area contributed by atoms with E-state index in [1.165, 1.54) is 5.56 Å². The number of aliphatic hydroxyl groups is 1. The maximum atomic E-state index is 10.2. The molecular weight excluding hydrogens is 324 g/mol. The van der Waals surface area contributed by atoms with Crippen molar-refractivity contribution in [1.29, 1.82) is 0 Å². The molecule has 1 atom stereocenters. The molecule has 1 aliphatic rings. The molecule has 0 spiro atoms. The lowest BCUT2D eigenvalue weighted by Gasteiger charge is -2.43. The van der Waals surface area contributed by atoms with Gasteiger partial charge < -0.3 is 15.7 Å². The van der Waals surface area contributed by atoms with Crippen LogP contribution in [0.15, 0.2) is 30.3 Å². The number of aromatic nitrogens is 2.